The lowest BCUT2D eigenvalue weighted by Crippen LogP contribution is -2.49. The number of para-hydroxylation sites is 1. The van der Waals surface area contributed by atoms with E-state index in [9.17, 15) is 4.79 Å². The lowest BCUT2D eigenvalue weighted by atomic mass is 10.0. The Morgan fingerprint density at radius 1 is 1.29 bits per heavy atom. The standard InChI is InChI=1S/C16H26N4O/c1-5-11-20(15(17)18)16(21)19(7-3)14-12(4)9-8-10-13(14)6-2/h8-10H,5-7,11H2,1-4H3,(H3,17,18). The number of hydrogen-bond acceptors (Lipinski definition) is 2. The first kappa shape index (κ1) is 17.0. The van der Waals surface area contributed by atoms with Gasteiger partial charge in [0.15, 0.2) is 5.96 Å². The molecule has 0 aromatic heterocycles. The molecule has 0 saturated heterocycles. The summed E-state index contributed by atoms with van der Waals surface area (Å²) in [5, 5.41) is 7.62. The molecule has 21 heavy (non-hydrogen) atoms. The zero-order chi connectivity index (χ0) is 16.0. The van der Waals surface area contributed by atoms with Crippen LogP contribution < -0.4 is 10.6 Å². The van der Waals surface area contributed by atoms with Crippen LogP contribution in [0.2, 0.25) is 0 Å². The molecule has 0 aliphatic heterocycles. The Bertz CT molecular complexity index is 513. The molecular weight excluding hydrogens is 264 g/mol. The highest BCUT2D eigenvalue weighted by Crippen LogP contribution is 2.26. The third kappa shape index (κ3) is 3.74. The predicted molar refractivity (Wildman–Crippen MR) is 87.9 cm³/mol. The molecule has 1 aromatic carbocycles. The van der Waals surface area contributed by atoms with Crippen LogP contribution in [-0.2, 0) is 6.42 Å². The monoisotopic (exact) mass is 290 g/mol. The highest BCUT2D eigenvalue weighted by molar-refractivity contribution is 6.03. The van der Waals surface area contributed by atoms with Gasteiger partial charge in [0.2, 0.25) is 0 Å². The van der Waals surface area contributed by atoms with E-state index in [0.717, 1.165) is 29.7 Å². The summed E-state index contributed by atoms with van der Waals surface area (Å²) in [6, 6.07) is 5.82. The fourth-order valence-electron chi connectivity index (χ4n) is 2.47. The number of urea groups is 1. The smallest absolute Gasteiger partial charge is 0.331 e. The summed E-state index contributed by atoms with van der Waals surface area (Å²) in [5.74, 6) is -0.202. The van der Waals surface area contributed by atoms with Crippen molar-refractivity contribution in [1.82, 2.24) is 4.90 Å². The summed E-state index contributed by atoms with van der Waals surface area (Å²) in [7, 11) is 0. The van der Waals surface area contributed by atoms with Gasteiger partial charge in [0, 0.05) is 13.1 Å². The van der Waals surface area contributed by atoms with Gasteiger partial charge in [-0.3, -0.25) is 15.2 Å². The molecule has 3 N–H and O–H groups in total. The molecule has 5 heteroatoms. The SMILES string of the molecule is CCCN(C(=N)N)C(=O)N(CC)c1c(C)cccc1CC. The van der Waals surface area contributed by atoms with Crippen LogP contribution in [0.25, 0.3) is 0 Å². The van der Waals surface area contributed by atoms with Gasteiger partial charge in [0.25, 0.3) is 0 Å². The van der Waals surface area contributed by atoms with Crippen LogP contribution in [0, 0.1) is 12.3 Å². The van der Waals surface area contributed by atoms with Crippen molar-refractivity contribution >= 4 is 17.7 Å². The molecule has 0 atom stereocenters. The van der Waals surface area contributed by atoms with Crippen molar-refractivity contribution in [2.45, 2.75) is 40.5 Å². The molecule has 0 fully saturated rings. The van der Waals surface area contributed by atoms with E-state index < -0.39 is 0 Å². The summed E-state index contributed by atoms with van der Waals surface area (Å²) in [4.78, 5) is 15.8. The maximum atomic E-state index is 12.8. The van der Waals surface area contributed by atoms with E-state index in [2.05, 4.69) is 6.92 Å². The number of guanidine groups is 1. The number of aryl methyl sites for hydroxylation is 2. The summed E-state index contributed by atoms with van der Waals surface area (Å²) < 4.78 is 0. The van der Waals surface area contributed by atoms with Crippen molar-refractivity contribution in [3.8, 4) is 0 Å². The molecule has 116 valence electrons. The van der Waals surface area contributed by atoms with Gasteiger partial charge < -0.3 is 5.73 Å². The van der Waals surface area contributed by atoms with Gasteiger partial charge in [-0.05, 0) is 37.8 Å². The Morgan fingerprint density at radius 2 is 1.95 bits per heavy atom. The minimum Gasteiger partial charge on any atom is -0.370 e. The van der Waals surface area contributed by atoms with Crippen molar-refractivity contribution in [3.63, 3.8) is 0 Å². The Kier molecular flexibility index (Phi) is 6.21. The molecule has 0 spiro atoms. The van der Waals surface area contributed by atoms with E-state index in [0.29, 0.717) is 13.1 Å². The maximum Gasteiger partial charge on any atom is 0.331 e. The molecule has 0 aliphatic carbocycles. The number of nitrogens with two attached hydrogens (primary N) is 1. The first-order chi connectivity index (χ1) is 9.97. The van der Waals surface area contributed by atoms with E-state index in [4.69, 9.17) is 11.1 Å². The third-order valence-electron chi connectivity index (χ3n) is 3.49. The number of nitrogens with one attached hydrogen (secondary N) is 1. The number of hydrogen-bond donors (Lipinski definition) is 2. The lowest BCUT2D eigenvalue weighted by Gasteiger charge is -2.31. The molecule has 2 amide bonds. The average Bonchev–Trinajstić information content (AvgIpc) is 2.46. The number of benzene rings is 1. The minimum absolute atomic E-state index is 0.202. The number of carbonyl (C=O) groups excluding carboxylic acids is 1. The normalized spacial score (nSPS) is 10.3. The average molecular weight is 290 g/mol. The number of anilines is 1. The van der Waals surface area contributed by atoms with Crippen LogP contribution in [0.15, 0.2) is 18.2 Å². The second-order valence-corrected chi connectivity index (χ2v) is 5.00. The Labute approximate surface area is 127 Å². The number of carbonyl (C=O) groups is 1. The highest BCUT2D eigenvalue weighted by atomic mass is 16.2. The molecule has 0 bridgehead atoms. The lowest BCUT2D eigenvalue weighted by molar-refractivity contribution is 0.226. The van der Waals surface area contributed by atoms with Gasteiger partial charge in [-0.25, -0.2) is 4.79 Å². The molecular formula is C16H26N4O. The fourth-order valence-corrected chi connectivity index (χ4v) is 2.47. The zero-order valence-electron chi connectivity index (χ0n) is 13.4. The van der Waals surface area contributed by atoms with E-state index in [1.807, 2.05) is 39.0 Å². The van der Waals surface area contributed by atoms with Gasteiger partial charge in [-0.15, -0.1) is 0 Å². The topological polar surface area (TPSA) is 73.4 Å². The largest absolute Gasteiger partial charge is 0.370 e. The van der Waals surface area contributed by atoms with Crippen LogP contribution >= 0.6 is 0 Å². The van der Waals surface area contributed by atoms with Crippen LogP contribution in [-0.4, -0.2) is 30.0 Å². The first-order valence-electron chi connectivity index (χ1n) is 7.49. The number of nitrogens with zero attached hydrogens (tertiary/aromatic N) is 2. The molecule has 1 rings (SSSR count). The van der Waals surface area contributed by atoms with Gasteiger partial charge in [-0.2, -0.15) is 0 Å². The molecule has 1 aromatic rings. The van der Waals surface area contributed by atoms with Crippen molar-refractivity contribution < 1.29 is 4.79 Å². The van der Waals surface area contributed by atoms with Crippen molar-refractivity contribution in [2.24, 2.45) is 5.73 Å². The van der Waals surface area contributed by atoms with Crippen molar-refractivity contribution in [3.05, 3.63) is 29.3 Å². The fraction of sp³-hybridized carbons (Fsp3) is 0.500. The van der Waals surface area contributed by atoms with Crippen LogP contribution in [0.4, 0.5) is 10.5 Å². The van der Waals surface area contributed by atoms with Gasteiger partial charge in [0.05, 0.1) is 5.69 Å². The second-order valence-electron chi connectivity index (χ2n) is 5.00. The molecule has 0 saturated carbocycles. The maximum absolute atomic E-state index is 12.8. The van der Waals surface area contributed by atoms with E-state index in [1.165, 1.54) is 4.90 Å². The highest BCUT2D eigenvalue weighted by Gasteiger charge is 2.25. The van der Waals surface area contributed by atoms with Crippen LogP contribution in [0.1, 0.15) is 38.3 Å². The molecule has 0 unspecified atom stereocenters. The van der Waals surface area contributed by atoms with Crippen LogP contribution in [0.3, 0.4) is 0 Å². The van der Waals surface area contributed by atoms with E-state index in [-0.39, 0.29) is 12.0 Å². The molecule has 0 radical (unpaired) electrons. The van der Waals surface area contributed by atoms with Crippen molar-refractivity contribution in [1.29, 1.82) is 5.41 Å². The van der Waals surface area contributed by atoms with Crippen molar-refractivity contribution in [2.75, 3.05) is 18.0 Å². The van der Waals surface area contributed by atoms with E-state index >= 15 is 0 Å². The Balaban J connectivity index is 3.24. The molecule has 0 aliphatic rings. The van der Waals surface area contributed by atoms with Crippen LogP contribution in [0.5, 0.6) is 0 Å². The van der Waals surface area contributed by atoms with E-state index in [1.54, 1.807) is 4.90 Å². The number of rotatable bonds is 5. The number of amides is 2. The third-order valence-corrected chi connectivity index (χ3v) is 3.49. The van der Waals surface area contributed by atoms with Gasteiger partial charge in [-0.1, -0.05) is 32.0 Å². The molecule has 0 heterocycles. The second kappa shape index (κ2) is 7.67. The predicted octanol–water partition coefficient (Wildman–Crippen LogP) is 3.11. The first-order valence-corrected chi connectivity index (χ1v) is 7.49. The summed E-state index contributed by atoms with van der Waals surface area (Å²) in [5.41, 5.74) is 8.69. The summed E-state index contributed by atoms with van der Waals surface area (Å²) >= 11 is 0. The Morgan fingerprint density at radius 3 is 2.43 bits per heavy atom. The summed E-state index contributed by atoms with van der Waals surface area (Å²) in [6.07, 6.45) is 1.62. The van der Waals surface area contributed by atoms with Gasteiger partial charge >= 0.3 is 6.03 Å². The minimum atomic E-state index is -0.226. The molecule has 5 nitrogen and oxygen atoms in total. The zero-order valence-corrected chi connectivity index (χ0v) is 13.4. The quantitative estimate of drug-likeness (QED) is 0.646. The Hall–Kier alpha value is -2.04. The van der Waals surface area contributed by atoms with Gasteiger partial charge in [0.1, 0.15) is 0 Å². The summed E-state index contributed by atoms with van der Waals surface area (Å²) in [6.45, 7) is 8.98.